The number of nitrogens with zero attached hydrogens (tertiary/aromatic N) is 1. The molecule has 0 unspecified atom stereocenters. The van der Waals surface area contributed by atoms with Gasteiger partial charge >= 0.3 is 0 Å². The van der Waals surface area contributed by atoms with Gasteiger partial charge in [-0.3, -0.25) is 0 Å². The van der Waals surface area contributed by atoms with E-state index < -0.39 is 19.8 Å². The molecular weight excluding hydrogens is 206 g/mol. The lowest BCUT2D eigenvalue weighted by atomic mass is 10.4. The molecule has 0 radical (unpaired) electrons. The molecule has 0 aromatic carbocycles. The number of rotatable bonds is 3. The molecule has 11 heavy (non-hydrogen) atoms. The van der Waals surface area contributed by atoms with Crippen LogP contribution in [-0.2, 0) is 0 Å². The number of hydrogen-bond acceptors (Lipinski definition) is 2. The van der Waals surface area contributed by atoms with Crippen LogP contribution in [0.25, 0.3) is 0 Å². The Hall–Kier alpha value is -0.570. The van der Waals surface area contributed by atoms with Gasteiger partial charge in [-0.1, -0.05) is 6.85 Å². The van der Waals surface area contributed by atoms with E-state index >= 15 is 0 Å². The number of halogens is 1. The Balaban J connectivity index is 2.97. The monoisotopic (exact) mass is 222 g/mol. The molecule has 0 aliphatic carbocycles. The van der Waals surface area contributed by atoms with E-state index in [2.05, 4.69) is 20.9 Å². The van der Waals surface area contributed by atoms with Crippen LogP contribution in [0, 0.1) is 0 Å². The van der Waals surface area contributed by atoms with Crippen LogP contribution in [0.2, 0.25) is 0 Å². The maximum Gasteiger partial charge on any atom is 0.137 e. The summed E-state index contributed by atoms with van der Waals surface area (Å²) in [5, 5.41) is 0. The smallest absolute Gasteiger partial charge is 0.137 e. The summed E-state index contributed by atoms with van der Waals surface area (Å²) in [6, 6.07) is 2.82. The lowest BCUT2D eigenvalue weighted by molar-refractivity contribution is 0.316. The molecule has 0 aliphatic rings. The summed E-state index contributed by atoms with van der Waals surface area (Å²) >= 11 is 3.07. The molecule has 0 fully saturated rings. The summed E-state index contributed by atoms with van der Waals surface area (Å²) in [6.45, 7) is -6.15. The van der Waals surface area contributed by atoms with E-state index in [4.69, 9.17) is 14.3 Å². The molecule has 0 spiro atoms. The van der Waals surface area contributed by atoms with Crippen molar-refractivity contribution in [3.63, 3.8) is 0 Å². The van der Waals surface area contributed by atoms with Gasteiger partial charge in [0, 0.05) is 6.85 Å². The van der Waals surface area contributed by atoms with Gasteiger partial charge in [0.1, 0.15) is 10.4 Å². The molecule has 0 bridgehead atoms. The molecule has 1 heterocycles. The van der Waals surface area contributed by atoms with Crippen LogP contribution in [-0.4, -0.2) is 11.5 Å². The van der Waals surface area contributed by atoms with Gasteiger partial charge in [0.2, 0.25) is 0 Å². The summed E-state index contributed by atoms with van der Waals surface area (Å²) in [7, 11) is 0. The van der Waals surface area contributed by atoms with Crippen molar-refractivity contribution in [1.29, 1.82) is 0 Å². The van der Waals surface area contributed by atoms with Crippen LogP contribution in [0.5, 0.6) is 5.75 Å². The van der Waals surface area contributed by atoms with E-state index in [1.807, 2.05) is 0 Å². The highest BCUT2D eigenvalue weighted by atomic mass is 79.9. The van der Waals surface area contributed by atoms with Crippen LogP contribution in [0.15, 0.2) is 22.9 Å². The third kappa shape index (κ3) is 2.89. The number of aromatic nitrogens is 1. The minimum atomic E-state index is -3.15. The molecule has 0 saturated carbocycles. The lowest BCUT2D eigenvalue weighted by Gasteiger charge is -2.02. The lowest BCUT2D eigenvalue weighted by Crippen LogP contribution is -1.94. The fourth-order valence-corrected chi connectivity index (χ4v) is 0.742. The largest absolute Gasteiger partial charge is 0.492 e. The first-order valence-electron chi connectivity index (χ1n) is 6.28. The van der Waals surface area contributed by atoms with Crippen LogP contribution >= 0.6 is 15.9 Å². The van der Waals surface area contributed by atoms with Crippen molar-refractivity contribution in [2.45, 2.75) is 13.2 Å². The van der Waals surface area contributed by atoms with Gasteiger partial charge in [-0.25, -0.2) is 4.98 Å². The van der Waals surface area contributed by atoms with Gasteiger partial charge in [-0.05, 0) is 34.4 Å². The third-order valence-electron chi connectivity index (χ3n) is 0.920. The Kier molecular flexibility index (Phi) is 1.20. The van der Waals surface area contributed by atoms with E-state index in [1.165, 1.54) is 12.1 Å². The van der Waals surface area contributed by atoms with Crippen molar-refractivity contribution in [2.24, 2.45) is 0 Å². The van der Waals surface area contributed by atoms with Gasteiger partial charge in [0.25, 0.3) is 0 Å². The van der Waals surface area contributed by atoms with Crippen molar-refractivity contribution in [3.05, 3.63) is 22.9 Å². The minimum Gasteiger partial charge on any atom is -0.492 e. The second kappa shape index (κ2) is 4.34. The Morgan fingerprint density at radius 3 is 3.36 bits per heavy atom. The predicted octanol–water partition coefficient (Wildman–Crippen LogP) is 2.63. The molecule has 1 aromatic heterocycles. The second-order valence-corrected chi connectivity index (χ2v) is 2.46. The highest BCUT2D eigenvalue weighted by Gasteiger charge is 1.91. The number of hydrogen-bond donors (Lipinski definition) is 0. The van der Waals surface area contributed by atoms with Crippen LogP contribution in [0.4, 0.5) is 0 Å². The van der Waals surface area contributed by atoms with E-state index in [0.29, 0.717) is 4.60 Å². The average molecular weight is 223 g/mol. The first kappa shape index (κ1) is 3.05. The molecule has 1 aromatic rings. The van der Waals surface area contributed by atoms with E-state index in [0.717, 1.165) is 6.20 Å². The molecule has 0 atom stereocenters. The van der Waals surface area contributed by atoms with Gasteiger partial charge in [0.15, 0.2) is 0 Å². The molecule has 0 saturated heterocycles. The molecule has 2 nitrogen and oxygen atoms in total. The third-order valence-corrected chi connectivity index (χ3v) is 1.39. The Labute approximate surface area is 84.6 Å². The fraction of sp³-hybridized carbons (Fsp3) is 0.375. The first-order valence-corrected chi connectivity index (χ1v) is 3.57. The zero-order valence-electron chi connectivity index (χ0n) is 12.5. The highest BCUT2D eigenvalue weighted by molar-refractivity contribution is 9.10. The predicted molar refractivity (Wildman–Crippen MR) is 47.7 cm³/mol. The number of ether oxygens (including phenoxy) is 1. The zero-order chi connectivity index (χ0) is 14.2. The normalized spacial score (nSPS) is 22.8. The van der Waals surface area contributed by atoms with Gasteiger partial charge < -0.3 is 4.74 Å². The van der Waals surface area contributed by atoms with Crippen molar-refractivity contribution < 1.29 is 14.3 Å². The van der Waals surface area contributed by atoms with E-state index in [-0.39, 0.29) is 5.75 Å². The van der Waals surface area contributed by atoms with Gasteiger partial charge in [-0.2, -0.15) is 0 Å². The summed E-state index contributed by atoms with van der Waals surface area (Å²) in [5.41, 5.74) is 0. The SMILES string of the molecule is [2H]C([2H])([2H])C([2H])([2H])C([2H])([2H])Oc1ccc(Br)nc1. The minimum absolute atomic E-state index is 0.0590. The summed E-state index contributed by atoms with van der Waals surface area (Å²) in [6.07, 6.45) is -1.98. The van der Waals surface area contributed by atoms with Crippen molar-refractivity contribution >= 4 is 15.9 Å². The van der Waals surface area contributed by atoms with E-state index in [1.54, 1.807) is 0 Å². The van der Waals surface area contributed by atoms with Crippen LogP contribution in [0.1, 0.15) is 22.8 Å². The Morgan fingerprint density at radius 2 is 2.73 bits per heavy atom. The standard InChI is InChI=1S/C8H10BrNO/c1-2-5-11-7-3-4-8(9)10-6-7/h3-4,6H,2,5H2,1H3/i1D3,2D2,5D2. The molecule has 0 N–H and O–H groups in total. The topological polar surface area (TPSA) is 22.1 Å². The maximum absolute atomic E-state index is 7.45. The van der Waals surface area contributed by atoms with Gasteiger partial charge in [-0.15, -0.1) is 0 Å². The molecule has 60 valence electrons. The average Bonchev–Trinajstić information content (AvgIpc) is 2.19. The fourth-order valence-electron chi connectivity index (χ4n) is 0.507. The maximum atomic E-state index is 7.45. The molecule has 0 amide bonds. The van der Waals surface area contributed by atoms with E-state index in [9.17, 15) is 0 Å². The molecule has 0 aliphatic heterocycles. The van der Waals surface area contributed by atoms with Crippen molar-refractivity contribution in [3.8, 4) is 5.75 Å². The molecular formula is C8H10BrNO. The Morgan fingerprint density at radius 1 is 1.82 bits per heavy atom. The summed E-state index contributed by atoms with van der Waals surface area (Å²) < 4.78 is 55.9. The quantitative estimate of drug-likeness (QED) is 0.735. The first-order chi connectivity index (χ1) is 7.97. The summed E-state index contributed by atoms with van der Waals surface area (Å²) in [4.78, 5) is 3.77. The Bertz CT molecular complexity index is 416. The second-order valence-electron chi connectivity index (χ2n) is 1.65. The number of pyridine rings is 1. The zero-order valence-corrected chi connectivity index (χ0v) is 7.05. The molecule has 3 heteroatoms. The van der Waals surface area contributed by atoms with Crippen LogP contribution < -0.4 is 4.74 Å². The van der Waals surface area contributed by atoms with Crippen molar-refractivity contribution in [1.82, 2.24) is 4.98 Å². The van der Waals surface area contributed by atoms with Crippen LogP contribution in [0.3, 0.4) is 0 Å². The summed E-state index contributed by atoms with van der Waals surface area (Å²) in [5.74, 6) is -0.0590. The highest BCUT2D eigenvalue weighted by Crippen LogP contribution is 2.12. The molecule has 1 rings (SSSR count). The van der Waals surface area contributed by atoms with Gasteiger partial charge in [0.05, 0.1) is 15.5 Å². The van der Waals surface area contributed by atoms with Crippen molar-refractivity contribution in [2.75, 3.05) is 6.56 Å².